The highest BCUT2D eigenvalue weighted by atomic mass is 32.2. The van der Waals surface area contributed by atoms with Gasteiger partial charge in [0.1, 0.15) is 11.6 Å². The molecule has 3 heterocycles. The molecule has 0 bridgehead atoms. The Kier molecular flexibility index (Phi) is 8.08. The van der Waals surface area contributed by atoms with E-state index in [1.165, 1.54) is 11.3 Å². The molecule has 0 spiro atoms. The van der Waals surface area contributed by atoms with Gasteiger partial charge in [-0.2, -0.15) is 0 Å². The number of thioether (sulfide) groups is 1. The van der Waals surface area contributed by atoms with Crippen LogP contribution in [0.3, 0.4) is 0 Å². The van der Waals surface area contributed by atoms with Gasteiger partial charge < -0.3 is 19.8 Å². The van der Waals surface area contributed by atoms with Crippen LogP contribution < -0.4 is 4.74 Å². The van der Waals surface area contributed by atoms with Crippen LogP contribution in [-0.2, 0) is 4.79 Å². The summed E-state index contributed by atoms with van der Waals surface area (Å²) in [4.78, 5) is 18.7. The molecule has 3 aromatic rings. The van der Waals surface area contributed by atoms with Crippen molar-refractivity contribution in [1.29, 1.82) is 0 Å². The number of thiophene rings is 1. The second kappa shape index (κ2) is 11.0. The number of hydrogen-bond donors (Lipinski definition) is 2. The number of hydrogen-bond acceptors (Lipinski definition) is 7. The van der Waals surface area contributed by atoms with E-state index in [0.29, 0.717) is 42.6 Å². The van der Waals surface area contributed by atoms with Gasteiger partial charge in [-0.1, -0.05) is 6.07 Å². The summed E-state index contributed by atoms with van der Waals surface area (Å²) in [6.45, 7) is 2.32. The van der Waals surface area contributed by atoms with Gasteiger partial charge in [0.2, 0.25) is 0 Å². The topological polar surface area (TPSA) is 82.9 Å². The van der Waals surface area contributed by atoms with Crippen molar-refractivity contribution in [3.05, 3.63) is 53.3 Å². The summed E-state index contributed by atoms with van der Waals surface area (Å²) in [5.74, 6) is 0.0710. The summed E-state index contributed by atoms with van der Waals surface area (Å²) < 4.78 is 21.2. The lowest BCUT2D eigenvalue weighted by molar-refractivity contribution is -0.153. The Morgan fingerprint density at radius 1 is 1.35 bits per heavy atom. The lowest BCUT2D eigenvalue weighted by Gasteiger charge is -2.39. The monoisotopic (exact) mass is 504 g/mol. The minimum atomic E-state index is -1.13. The number of piperidine rings is 1. The number of likely N-dealkylation sites (tertiary alicyclic amines) is 1. The third-order valence-corrected chi connectivity index (χ3v) is 8.82. The zero-order valence-electron chi connectivity index (χ0n) is 19.1. The normalized spacial score (nSPS) is 17.0. The standard InChI is InChI=1S/C25H29FN2O4S2/c1-32-17-4-5-20-18(15-17)23(19(26)16-27-20)21(29)6-7-25(24(30)31)8-10-28(11-9-25)12-14-34-22-3-2-13-33-22/h2-5,13,15-16,21,29H,6-12,14H2,1H3,(H,30,31)/t21-/m1/s1. The van der Waals surface area contributed by atoms with Crippen molar-refractivity contribution < 1.29 is 24.1 Å². The second-order valence-corrected chi connectivity index (χ2v) is 11.0. The smallest absolute Gasteiger partial charge is 0.309 e. The number of rotatable bonds is 10. The van der Waals surface area contributed by atoms with E-state index in [1.807, 2.05) is 17.8 Å². The molecule has 1 aliphatic rings. The largest absolute Gasteiger partial charge is 0.497 e. The molecule has 1 saturated heterocycles. The summed E-state index contributed by atoms with van der Waals surface area (Å²) in [6.07, 6.45) is 1.46. The van der Waals surface area contributed by atoms with Gasteiger partial charge in [0.15, 0.2) is 0 Å². The summed E-state index contributed by atoms with van der Waals surface area (Å²) in [5, 5.41) is 23.5. The fourth-order valence-electron chi connectivity index (χ4n) is 4.59. The first-order chi connectivity index (χ1) is 16.4. The molecule has 0 amide bonds. The van der Waals surface area contributed by atoms with Gasteiger partial charge in [0.25, 0.3) is 0 Å². The van der Waals surface area contributed by atoms with Crippen molar-refractivity contribution in [1.82, 2.24) is 9.88 Å². The lowest BCUT2D eigenvalue weighted by Crippen LogP contribution is -2.45. The third kappa shape index (κ3) is 5.54. The first-order valence-electron chi connectivity index (χ1n) is 11.3. The van der Waals surface area contributed by atoms with Crippen LogP contribution in [0, 0.1) is 11.2 Å². The highest BCUT2D eigenvalue weighted by Crippen LogP contribution is 2.40. The molecule has 1 aliphatic heterocycles. The van der Waals surface area contributed by atoms with E-state index >= 15 is 0 Å². The molecule has 34 heavy (non-hydrogen) atoms. The molecule has 6 nitrogen and oxygen atoms in total. The van der Waals surface area contributed by atoms with Gasteiger partial charge in [-0.25, -0.2) is 4.39 Å². The molecule has 0 radical (unpaired) electrons. The Labute approximate surface area is 206 Å². The fraction of sp³-hybridized carbons (Fsp3) is 0.440. The number of aliphatic hydroxyl groups excluding tert-OH is 1. The van der Waals surface area contributed by atoms with E-state index in [9.17, 15) is 19.4 Å². The maximum atomic E-state index is 14.7. The lowest BCUT2D eigenvalue weighted by atomic mass is 9.74. The van der Waals surface area contributed by atoms with Crippen molar-refractivity contribution in [2.45, 2.75) is 36.0 Å². The van der Waals surface area contributed by atoms with Crippen LogP contribution in [0.1, 0.15) is 37.4 Å². The first-order valence-corrected chi connectivity index (χ1v) is 13.2. The Balaban J connectivity index is 1.39. The summed E-state index contributed by atoms with van der Waals surface area (Å²) >= 11 is 3.55. The number of carbonyl (C=O) groups is 1. The second-order valence-electron chi connectivity index (χ2n) is 8.67. The van der Waals surface area contributed by atoms with Crippen LogP contribution in [0.5, 0.6) is 5.75 Å². The molecule has 1 fully saturated rings. The quantitative estimate of drug-likeness (QED) is 0.367. The van der Waals surface area contributed by atoms with Gasteiger partial charge in [-0.3, -0.25) is 9.78 Å². The minimum absolute atomic E-state index is 0.146. The molecule has 1 atom stereocenters. The first kappa shape index (κ1) is 24.9. The van der Waals surface area contributed by atoms with E-state index in [-0.39, 0.29) is 18.4 Å². The number of halogens is 1. The molecule has 0 unspecified atom stereocenters. The molecular weight excluding hydrogens is 475 g/mol. The van der Waals surface area contributed by atoms with Gasteiger partial charge in [0.05, 0.1) is 34.6 Å². The average molecular weight is 505 g/mol. The highest BCUT2D eigenvalue weighted by Gasteiger charge is 2.41. The minimum Gasteiger partial charge on any atom is -0.497 e. The van der Waals surface area contributed by atoms with Crippen LogP contribution >= 0.6 is 23.1 Å². The van der Waals surface area contributed by atoms with E-state index < -0.39 is 23.3 Å². The predicted molar refractivity (Wildman–Crippen MR) is 133 cm³/mol. The van der Waals surface area contributed by atoms with Crippen molar-refractivity contribution in [3.63, 3.8) is 0 Å². The number of methoxy groups -OCH3 is 1. The van der Waals surface area contributed by atoms with Crippen LogP contribution in [0.4, 0.5) is 4.39 Å². The molecule has 182 valence electrons. The number of aromatic nitrogens is 1. The van der Waals surface area contributed by atoms with Crippen LogP contribution in [0.2, 0.25) is 0 Å². The number of ether oxygens (including phenoxy) is 1. The van der Waals surface area contributed by atoms with Crippen molar-refractivity contribution in [2.75, 3.05) is 32.5 Å². The molecular formula is C25H29FN2O4S2. The summed E-state index contributed by atoms with van der Waals surface area (Å²) in [6, 6.07) is 9.26. The molecule has 0 saturated carbocycles. The molecule has 2 aromatic heterocycles. The Morgan fingerprint density at radius 3 is 2.82 bits per heavy atom. The number of nitrogens with zero attached hydrogens (tertiary/aromatic N) is 2. The van der Waals surface area contributed by atoms with E-state index in [4.69, 9.17) is 4.74 Å². The molecule has 2 N–H and O–H groups in total. The van der Waals surface area contributed by atoms with Gasteiger partial charge in [0, 0.05) is 23.2 Å². The zero-order valence-corrected chi connectivity index (χ0v) is 20.7. The molecule has 0 aliphatic carbocycles. The number of carboxylic acid groups (broad SMARTS) is 1. The van der Waals surface area contributed by atoms with Gasteiger partial charge in [-0.15, -0.1) is 23.1 Å². The summed E-state index contributed by atoms with van der Waals surface area (Å²) in [5.41, 5.74) is -0.208. The Hall–Kier alpha value is -2.20. The predicted octanol–water partition coefficient (Wildman–Crippen LogP) is 5.22. The van der Waals surface area contributed by atoms with Crippen LogP contribution in [0.15, 0.2) is 46.1 Å². The number of fused-ring (bicyclic) bond motifs is 1. The molecule has 9 heteroatoms. The number of pyridine rings is 1. The third-order valence-electron chi connectivity index (χ3n) is 6.71. The van der Waals surface area contributed by atoms with E-state index in [2.05, 4.69) is 21.3 Å². The fourth-order valence-corrected chi connectivity index (χ4v) is 6.45. The maximum absolute atomic E-state index is 14.7. The molecule has 1 aromatic carbocycles. The number of carboxylic acids is 1. The van der Waals surface area contributed by atoms with E-state index in [1.54, 1.807) is 29.5 Å². The van der Waals surface area contributed by atoms with Crippen LogP contribution in [0.25, 0.3) is 10.9 Å². The van der Waals surface area contributed by atoms with Gasteiger partial charge >= 0.3 is 5.97 Å². The SMILES string of the molecule is COc1ccc2ncc(F)c([C@H](O)CCC3(C(=O)O)CCN(CCSc4cccs4)CC3)c2c1. The zero-order chi connectivity index (χ0) is 24.1. The molecule has 4 rings (SSSR count). The van der Waals surface area contributed by atoms with Crippen molar-refractivity contribution in [3.8, 4) is 5.75 Å². The average Bonchev–Trinajstić information content (AvgIpc) is 3.36. The number of benzene rings is 1. The summed E-state index contributed by atoms with van der Waals surface area (Å²) in [7, 11) is 1.52. The Morgan fingerprint density at radius 2 is 2.15 bits per heavy atom. The van der Waals surface area contributed by atoms with E-state index in [0.717, 1.165) is 18.5 Å². The number of aliphatic hydroxyl groups is 1. The van der Waals surface area contributed by atoms with Crippen molar-refractivity contribution >= 4 is 40.0 Å². The highest BCUT2D eigenvalue weighted by molar-refractivity contribution is 8.01. The van der Waals surface area contributed by atoms with Crippen molar-refractivity contribution in [2.24, 2.45) is 5.41 Å². The Bertz CT molecular complexity index is 1120. The van der Waals surface area contributed by atoms with Crippen LogP contribution in [-0.4, -0.2) is 58.6 Å². The van der Waals surface area contributed by atoms with Gasteiger partial charge in [-0.05, 0) is 68.4 Å². The number of aliphatic carboxylic acids is 1. The maximum Gasteiger partial charge on any atom is 0.309 e.